The molecule has 4 heteroatoms. The standard InChI is InChI=1S/C36H60O4/c1-7-26(24(2)3)14-13-25(4)30-17-18-31-29-16-15-27-23-28(40-34(39)12-10-8-9-11-33(37)38)19-21-35(27,5)32(29)20-22-36(30,31)6/h15,24-26,28-32H,7-14,16-23H2,1-6H3,(H,37,38)/t25-,26+,28+,29+,30-,31+,32+,35+,36-/m1/s1. The second-order valence-corrected chi connectivity index (χ2v) is 15.3. The second-order valence-electron chi connectivity index (χ2n) is 15.3. The first-order chi connectivity index (χ1) is 19.0. The first kappa shape index (κ1) is 31.6. The summed E-state index contributed by atoms with van der Waals surface area (Å²) in [5.74, 6) is 5.04. The Kier molecular flexibility index (Phi) is 10.5. The van der Waals surface area contributed by atoms with Crippen molar-refractivity contribution in [3.05, 3.63) is 11.6 Å². The lowest BCUT2D eigenvalue weighted by molar-refractivity contribution is -0.151. The fourth-order valence-electron chi connectivity index (χ4n) is 10.4. The van der Waals surface area contributed by atoms with Crippen molar-refractivity contribution >= 4 is 11.9 Å². The van der Waals surface area contributed by atoms with E-state index in [9.17, 15) is 9.59 Å². The van der Waals surface area contributed by atoms with Gasteiger partial charge in [-0.25, -0.2) is 0 Å². The van der Waals surface area contributed by atoms with E-state index in [-0.39, 0.29) is 23.9 Å². The Balaban J connectivity index is 1.33. The number of esters is 1. The molecule has 228 valence electrons. The summed E-state index contributed by atoms with van der Waals surface area (Å²) >= 11 is 0. The summed E-state index contributed by atoms with van der Waals surface area (Å²) in [6.45, 7) is 15.0. The molecule has 4 aliphatic rings. The van der Waals surface area contributed by atoms with Crippen LogP contribution in [-0.2, 0) is 14.3 Å². The third-order valence-corrected chi connectivity index (χ3v) is 12.8. The highest BCUT2D eigenvalue weighted by Gasteiger charge is 2.59. The molecule has 0 aromatic rings. The zero-order valence-corrected chi connectivity index (χ0v) is 26.7. The van der Waals surface area contributed by atoms with Crippen molar-refractivity contribution in [1.82, 2.24) is 0 Å². The van der Waals surface area contributed by atoms with E-state index in [1.807, 2.05) is 0 Å². The molecule has 9 atom stereocenters. The Hall–Kier alpha value is -1.32. The molecule has 0 amide bonds. The average Bonchev–Trinajstić information content (AvgIpc) is 3.26. The van der Waals surface area contributed by atoms with Gasteiger partial charge in [-0.3, -0.25) is 9.59 Å². The van der Waals surface area contributed by atoms with E-state index in [0.29, 0.717) is 18.3 Å². The van der Waals surface area contributed by atoms with Gasteiger partial charge in [0.15, 0.2) is 0 Å². The Morgan fingerprint density at radius 2 is 1.73 bits per heavy atom. The number of allylic oxidation sites excluding steroid dienone is 1. The van der Waals surface area contributed by atoms with E-state index in [1.165, 1.54) is 51.4 Å². The number of hydrogen-bond acceptors (Lipinski definition) is 3. The topological polar surface area (TPSA) is 63.6 Å². The molecule has 4 nitrogen and oxygen atoms in total. The zero-order valence-electron chi connectivity index (χ0n) is 26.7. The van der Waals surface area contributed by atoms with Gasteiger partial charge in [0.05, 0.1) is 0 Å². The monoisotopic (exact) mass is 556 g/mol. The van der Waals surface area contributed by atoms with Crippen molar-refractivity contribution < 1.29 is 19.4 Å². The van der Waals surface area contributed by atoms with Gasteiger partial charge in [0.2, 0.25) is 0 Å². The zero-order chi connectivity index (χ0) is 29.1. The van der Waals surface area contributed by atoms with Crippen molar-refractivity contribution in [3.63, 3.8) is 0 Å². The van der Waals surface area contributed by atoms with E-state index >= 15 is 0 Å². The van der Waals surface area contributed by atoms with Crippen LogP contribution in [0.5, 0.6) is 0 Å². The molecule has 0 aromatic carbocycles. The maximum absolute atomic E-state index is 12.5. The first-order valence-electron chi connectivity index (χ1n) is 17.1. The largest absolute Gasteiger partial charge is 0.481 e. The van der Waals surface area contributed by atoms with Crippen LogP contribution < -0.4 is 0 Å². The number of carboxylic acid groups (broad SMARTS) is 1. The molecule has 0 aromatic heterocycles. The molecule has 4 rings (SSSR count). The van der Waals surface area contributed by atoms with Crippen LogP contribution in [-0.4, -0.2) is 23.1 Å². The third-order valence-electron chi connectivity index (χ3n) is 12.8. The Morgan fingerprint density at radius 3 is 2.42 bits per heavy atom. The van der Waals surface area contributed by atoms with Crippen LogP contribution >= 0.6 is 0 Å². The van der Waals surface area contributed by atoms with Crippen LogP contribution in [0.4, 0.5) is 0 Å². The highest BCUT2D eigenvalue weighted by Crippen LogP contribution is 2.67. The van der Waals surface area contributed by atoms with Crippen LogP contribution in [0.25, 0.3) is 0 Å². The molecule has 0 spiro atoms. The number of hydrogen-bond donors (Lipinski definition) is 1. The van der Waals surface area contributed by atoms with E-state index < -0.39 is 5.97 Å². The highest BCUT2D eigenvalue weighted by molar-refractivity contribution is 5.69. The highest BCUT2D eigenvalue weighted by atomic mass is 16.5. The number of rotatable bonds is 13. The van der Waals surface area contributed by atoms with E-state index in [1.54, 1.807) is 5.57 Å². The molecule has 0 aliphatic heterocycles. The number of unbranched alkanes of at least 4 members (excludes halogenated alkanes) is 2. The van der Waals surface area contributed by atoms with Crippen molar-refractivity contribution in [1.29, 1.82) is 0 Å². The molecule has 3 fully saturated rings. The SMILES string of the molecule is CC[C@@H](CC[C@@H](C)[C@H]1CC[C@H]2[C@@H]3CC=C4C[C@@H](OC(=O)CCCCCC(=O)O)CC[C@]4(C)[C@H]3CC[C@]12C)C(C)C. The summed E-state index contributed by atoms with van der Waals surface area (Å²) in [5, 5.41) is 8.78. The second kappa shape index (κ2) is 13.3. The minimum atomic E-state index is -0.761. The predicted octanol–water partition coefficient (Wildman–Crippen LogP) is 9.61. The maximum atomic E-state index is 12.5. The first-order valence-corrected chi connectivity index (χ1v) is 17.1. The summed E-state index contributed by atoms with van der Waals surface area (Å²) in [7, 11) is 0. The minimum Gasteiger partial charge on any atom is -0.481 e. The maximum Gasteiger partial charge on any atom is 0.306 e. The van der Waals surface area contributed by atoms with Gasteiger partial charge in [-0.2, -0.15) is 0 Å². The summed E-state index contributed by atoms with van der Waals surface area (Å²) in [4.78, 5) is 23.2. The molecule has 1 N–H and O–H groups in total. The minimum absolute atomic E-state index is 0.0192. The Labute approximate surface area is 245 Å². The summed E-state index contributed by atoms with van der Waals surface area (Å²) in [5.41, 5.74) is 2.36. The van der Waals surface area contributed by atoms with E-state index in [4.69, 9.17) is 9.84 Å². The van der Waals surface area contributed by atoms with Crippen LogP contribution in [0, 0.1) is 52.3 Å². The van der Waals surface area contributed by atoms with Crippen LogP contribution in [0.2, 0.25) is 0 Å². The number of aliphatic carboxylic acids is 1. The van der Waals surface area contributed by atoms with Crippen LogP contribution in [0.15, 0.2) is 11.6 Å². The lowest BCUT2D eigenvalue weighted by atomic mass is 9.47. The normalized spacial score (nSPS) is 36.7. The van der Waals surface area contributed by atoms with Gasteiger partial charge < -0.3 is 9.84 Å². The van der Waals surface area contributed by atoms with Gasteiger partial charge in [0.25, 0.3) is 0 Å². The molecule has 0 bridgehead atoms. The lowest BCUT2D eigenvalue weighted by Crippen LogP contribution is -2.51. The van der Waals surface area contributed by atoms with E-state index in [0.717, 1.165) is 73.5 Å². The third kappa shape index (κ3) is 6.67. The quantitative estimate of drug-likeness (QED) is 0.139. The molecular formula is C36H60O4. The fourth-order valence-corrected chi connectivity index (χ4v) is 10.4. The number of carbonyl (C=O) groups is 2. The van der Waals surface area contributed by atoms with Gasteiger partial charge in [-0.05, 0) is 116 Å². The van der Waals surface area contributed by atoms with Gasteiger partial charge in [0.1, 0.15) is 6.10 Å². The van der Waals surface area contributed by atoms with Crippen molar-refractivity contribution in [2.75, 3.05) is 0 Å². The molecule has 3 saturated carbocycles. The molecule has 0 unspecified atom stereocenters. The number of carbonyl (C=O) groups excluding carboxylic acids is 1. The lowest BCUT2D eigenvalue weighted by Gasteiger charge is -2.58. The Morgan fingerprint density at radius 1 is 0.975 bits per heavy atom. The molecule has 40 heavy (non-hydrogen) atoms. The van der Waals surface area contributed by atoms with Gasteiger partial charge in [0, 0.05) is 19.3 Å². The van der Waals surface area contributed by atoms with Crippen molar-refractivity contribution in [3.8, 4) is 0 Å². The molecule has 4 aliphatic carbocycles. The summed E-state index contributed by atoms with van der Waals surface area (Å²) < 4.78 is 5.94. The number of carboxylic acids is 1. The number of ether oxygens (including phenoxy) is 1. The van der Waals surface area contributed by atoms with Crippen LogP contribution in [0.3, 0.4) is 0 Å². The molecule has 0 radical (unpaired) electrons. The predicted molar refractivity (Wildman–Crippen MR) is 163 cm³/mol. The van der Waals surface area contributed by atoms with E-state index in [2.05, 4.69) is 47.6 Å². The average molecular weight is 557 g/mol. The van der Waals surface area contributed by atoms with Crippen molar-refractivity contribution in [2.45, 2.75) is 150 Å². The summed E-state index contributed by atoms with van der Waals surface area (Å²) in [6, 6.07) is 0. The van der Waals surface area contributed by atoms with Crippen molar-refractivity contribution in [2.24, 2.45) is 52.3 Å². The van der Waals surface area contributed by atoms with Crippen LogP contribution in [0.1, 0.15) is 144 Å². The smallest absolute Gasteiger partial charge is 0.306 e. The molecule has 0 saturated heterocycles. The van der Waals surface area contributed by atoms with Gasteiger partial charge in [-0.1, -0.05) is 72.5 Å². The van der Waals surface area contributed by atoms with Gasteiger partial charge in [-0.15, -0.1) is 0 Å². The fraction of sp³-hybridized carbons (Fsp3) is 0.889. The Bertz CT molecular complexity index is 906. The molecule has 0 heterocycles. The molecular weight excluding hydrogens is 496 g/mol. The number of fused-ring (bicyclic) bond motifs is 5. The van der Waals surface area contributed by atoms with Gasteiger partial charge >= 0.3 is 11.9 Å². The summed E-state index contributed by atoms with van der Waals surface area (Å²) in [6.07, 6.45) is 19.4.